The average molecular weight is 317 g/mol. The van der Waals surface area contributed by atoms with Gasteiger partial charge in [-0.15, -0.1) is 0 Å². The van der Waals surface area contributed by atoms with Gasteiger partial charge in [0.05, 0.1) is 25.6 Å². The molecule has 0 aromatic heterocycles. The molecule has 0 bridgehead atoms. The lowest BCUT2D eigenvalue weighted by atomic mass is 10.2. The van der Waals surface area contributed by atoms with E-state index in [2.05, 4.69) is 19.9 Å². The molecule has 0 spiro atoms. The molecule has 0 fully saturated rings. The maximum absolute atomic E-state index is 12.2. The first-order valence-electron chi connectivity index (χ1n) is 6.83. The molecule has 2 aliphatic rings. The molecule has 0 saturated carbocycles. The fourth-order valence-corrected chi connectivity index (χ4v) is 3.28. The minimum atomic E-state index is -0.427. The van der Waals surface area contributed by atoms with Gasteiger partial charge in [0.15, 0.2) is 5.17 Å². The molecule has 7 heteroatoms. The molecular weight excluding hydrogens is 302 g/mol. The zero-order valence-corrected chi connectivity index (χ0v) is 12.9. The molecule has 1 aromatic rings. The maximum Gasteiger partial charge on any atom is 0.337 e. The number of thioether (sulfide) groups is 1. The Kier molecular flexibility index (Phi) is 4.15. The summed E-state index contributed by atoms with van der Waals surface area (Å²) >= 11 is 1.55. The van der Waals surface area contributed by atoms with E-state index in [9.17, 15) is 9.59 Å². The molecule has 0 unspecified atom stereocenters. The van der Waals surface area contributed by atoms with Gasteiger partial charge < -0.3 is 15.0 Å². The highest BCUT2D eigenvalue weighted by Crippen LogP contribution is 2.30. The van der Waals surface area contributed by atoms with Gasteiger partial charge in [-0.2, -0.15) is 0 Å². The van der Waals surface area contributed by atoms with Crippen LogP contribution in [0.3, 0.4) is 0 Å². The number of hydrogen-bond acceptors (Lipinski definition) is 6. The van der Waals surface area contributed by atoms with Gasteiger partial charge in [-0.3, -0.25) is 9.79 Å². The van der Waals surface area contributed by atoms with Crippen LogP contribution in [0.15, 0.2) is 40.4 Å². The number of ether oxygens (including phenoxy) is 1. The van der Waals surface area contributed by atoms with Crippen LogP contribution in [0.1, 0.15) is 16.8 Å². The summed E-state index contributed by atoms with van der Waals surface area (Å²) in [5, 5.41) is 5.73. The summed E-state index contributed by atoms with van der Waals surface area (Å²) in [5.41, 5.74) is 1.95. The third-order valence-corrected chi connectivity index (χ3v) is 4.31. The molecular formula is C15H15N3O3S. The maximum atomic E-state index is 12.2. The third-order valence-electron chi connectivity index (χ3n) is 3.36. The molecule has 22 heavy (non-hydrogen) atoms. The highest BCUT2D eigenvalue weighted by Gasteiger charge is 2.27. The standard InChI is InChI=1S/C15H15N3O3S/c1-21-14(20)10-3-2-4-11(7-10)17-13(19)8-12-9-22-15-16-5-6-18(12)15/h2-4,7,9H,5-6,8H2,1H3,(H,17,19). The Morgan fingerprint density at radius 1 is 1.45 bits per heavy atom. The third kappa shape index (κ3) is 2.99. The Morgan fingerprint density at radius 2 is 2.32 bits per heavy atom. The molecule has 0 aliphatic carbocycles. The van der Waals surface area contributed by atoms with Crippen molar-refractivity contribution in [1.29, 1.82) is 0 Å². The number of esters is 1. The average Bonchev–Trinajstić information content (AvgIpc) is 3.12. The Bertz CT molecular complexity index is 684. The SMILES string of the molecule is COC(=O)c1cccc(NC(=O)CC2=CSC3=NCCN23)c1. The first-order chi connectivity index (χ1) is 10.7. The highest BCUT2D eigenvalue weighted by atomic mass is 32.2. The number of carbonyl (C=O) groups is 2. The predicted octanol–water partition coefficient (Wildman–Crippen LogP) is 2.06. The van der Waals surface area contributed by atoms with Crippen LogP contribution in [-0.4, -0.2) is 42.1 Å². The number of amides is 1. The van der Waals surface area contributed by atoms with E-state index in [0.717, 1.165) is 24.0 Å². The van der Waals surface area contributed by atoms with Crippen molar-refractivity contribution in [2.45, 2.75) is 6.42 Å². The van der Waals surface area contributed by atoms with Gasteiger partial charge >= 0.3 is 5.97 Å². The fraction of sp³-hybridized carbons (Fsp3) is 0.267. The van der Waals surface area contributed by atoms with E-state index in [1.54, 1.807) is 36.0 Å². The van der Waals surface area contributed by atoms with Crippen LogP contribution in [0, 0.1) is 0 Å². The number of nitrogens with one attached hydrogen (secondary N) is 1. The summed E-state index contributed by atoms with van der Waals surface area (Å²) in [4.78, 5) is 30.1. The number of anilines is 1. The second kappa shape index (κ2) is 6.23. The number of hydrogen-bond donors (Lipinski definition) is 1. The molecule has 0 saturated heterocycles. The van der Waals surface area contributed by atoms with Crippen LogP contribution < -0.4 is 5.32 Å². The number of nitrogens with zero attached hydrogens (tertiary/aromatic N) is 2. The monoisotopic (exact) mass is 317 g/mol. The summed E-state index contributed by atoms with van der Waals surface area (Å²) in [6.45, 7) is 1.61. The van der Waals surface area contributed by atoms with Crippen molar-refractivity contribution in [2.75, 3.05) is 25.5 Å². The lowest BCUT2D eigenvalue weighted by Crippen LogP contribution is -2.24. The van der Waals surface area contributed by atoms with Crippen molar-refractivity contribution >= 4 is 34.5 Å². The van der Waals surface area contributed by atoms with E-state index in [-0.39, 0.29) is 12.3 Å². The molecule has 6 nitrogen and oxygen atoms in total. The quantitative estimate of drug-likeness (QED) is 0.861. The van der Waals surface area contributed by atoms with Crippen molar-refractivity contribution in [1.82, 2.24) is 4.90 Å². The van der Waals surface area contributed by atoms with Gasteiger partial charge in [0, 0.05) is 17.9 Å². The number of amidine groups is 1. The first kappa shape index (κ1) is 14.6. The van der Waals surface area contributed by atoms with Crippen LogP contribution >= 0.6 is 11.8 Å². The molecule has 0 radical (unpaired) electrons. The summed E-state index contributed by atoms with van der Waals surface area (Å²) in [7, 11) is 1.33. The zero-order chi connectivity index (χ0) is 15.5. The summed E-state index contributed by atoms with van der Waals surface area (Å²) in [5.74, 6) is -0.550. The van der Waals surface area contributed by atoms with Gasteiger partial charge in [0.25, 0.3) is 0 Å². The predicted molar refractivity (Wildman–Crippen MR) is 85.7 cm³/mol. The number of carbonyl (C=O) groups excluding carboxylic acids is 2. The largest absolute Gasteiger partial charge is 0.465 e. The van der Waals surface area contributed by atoms with Gasteiger partial charge in [-0.25, -0.2) is 4.79 Å². The second-order valence-corrected chi connectivity index (χ2v) is 5.68. The van der Waals surface area contributed by atoms with E-state index in [1.165, 1.54) is 7.11 Å². The lowest BCUT2D eigenvalue weighted by Gasteiger charge is -2.16. The number of fused-ring (bicyclic) bond motifs is 1. The lowest BCUT2D eigenvalue weighted by molar-refractivity contribution is -0.115. The van der Waals surface area contributed by atoms with Crippen molar-refractivity contribution < 1.29 is 14.3 Å². The molecule has 1 aromatic carbocycles. The van der Waals surface area contributed by atoms with Crippen molar-refractivity contribution in [3.05, 3.63) is 40.9 Å². The smallest absolute Gasteiger partial charge is 0.337 e. The molecule has 3 rings (SSSR count). The molecule has 0 atom stereocenters. The minimum Gasteiger partial charge on any atom is -0.465 e. The van der Waals surface area contributed by atoms with E-state index >= 15 is 0 Å². The second-order valence-electron chi connectivity index (χ2n) is 4.84. The van der Waals surface area contributed by atoms with E-state index < -0.39 is 5.97 Å². The first-order valence-corrected chi connectivity index (χ1v) is 7.71. The molecule has 2 heterocycles. The molecule has 1 amide bonds. The summed E-state index contributed by atoms with van der Waals surface area (Å²) in [6.07, 6.45) is 0.286. The van der Waals surface area contributed by atoms with Crippen LogP contribution in [0.25, 0.3) is 0 Å². The molecule has 2 aliphatic heterocycles. The van der Waals surface area contributed by atoms with Crippen LogP contribution in [-0.2, 0) is 9.53 Å². The minimum absolute atomic E-state index is 0.123. The number of benzene rings is 1. The summed E-state index contributed by atoms with van der Waals surface area (Å²) < 4.78 is 4.67. The van der Waals surface area contributed by atoms with Gasteiger partial charge in [-0.1, -0.05) is 17.8 Å². The number of rotatable bonds is 4. The Labute approximate surface area is 132 Å². The normalized spacial score (nSPS) is 16.0. The van der Waals surface area contributed by atoms with Gasteiger partial charge in [-0.05, 0) is 23.6 Å². The molecule has 114 valence electrons. The van der Waals surface area contributed by atoms with E-state index in [1.807, 2.05) is 5.41 Å². The van der Waals surface area contributed by atoms with Crippen LogP contribution in [0.5, 0.6) is 0 Å². The zero-order valence-electron chi connectivity index (χ0n) is 12.0. The Balaban J connectivity index is 1.63. The highest BCUT2D eigenvalue weighted by molar-refractivity contribution is 8.16. The van der Waals surface area contributed by atoms with Crippen molar-refractivity contribution in [3.63, 3.8) is 0 Å². The fourth-order valence-electron chi connectivity index (χ4n) is 2.33. The van der Waals surface area contributed by atoms with Crippen LogP contribution in [0.4, 0.5) is 5.69 Å². The van der Waals surface area contributed by atoms with Crippen molar-refractivity contribution in [2.24, 2.45) is 4.99 Å². The number of aliphatic imine (C=N–C) groups is 1. The Morgan fingerprint density at radius 3 is 3.14 bits per heavy atom. The topological polar surface area (TPSA) is 71.0 Å². The molecule has 1 N–H and O–H groups in total. The van der Waals surface area contributed by atoms with E-state index in [0.29, 0.717) is 11.3 Å². The Hall–Kier alpha value is -2.28. The van der Waals surface area contributed by atoms with Crippen LogP contribution in [0.2, 0.25) is 0 Å². The summed E-state index contributed by atoms with van der Waals surface area (Å²) in [6, 6.07) is 6.69. The van der Waals surface area contributed by atoms with E-state index in [4.69, 9.17) is 0 Å². The number of methoxy groups -OCH3 is 1. The van der Waals surface area contributed by atoms with Gasteiger partial charge in [0.2, 0.25) is 5.91 Å². The van der Waals surface area contributed by atoms with Gasteiger partial charge in [0.1, 0.15) is 0 Å². The van der Waals surface area contributed by atoms with Crippen molar-refractivity contribution in [3.8, 4) is 0 Å².